The summed E-state index contributed by atoms with van der Waals surface area (Å²) in [4.78, 5) is 57.6. The minimum Gasteiger partial charge on any atom is -0.493 e. The van der Waals surface area contributed by atoms with Crippen molar-refractivity contribution in [3.05, 3.63) is 120 Å². The average molecular weight is 938 g/mol. The van der Waals surface area contributed by atoms with Crippen LogP contribution in [0.25, 0.3) is 0 Å². The van der Waals surface area contributed by atoms with Crippen molar-refractivity contribution in [1.29, 1.82) is 0 Å². The standard InChI is InChI=1S/C51H67N5O10Si/c1-13-16-62-49(59)53-42-25-44(34(6)20-40(42)47(57)56-28-33(5)19-39(56)31-66-67(11,12)51(7,8)9)64-29-35-21-36(23-37(52)22-35)30-65-46-26-43(54-50(60)63-17-14-2)41(24-45(46)61-10)48(58)55-27-32(4)18-38(55)15-3/h13-14,20-26,38-39H,1-2,4-5,15-19,27-31,52H2,3,6-12H3,(H,53,59)(H,54,60)/t38-,39+/m1/s1. The smallest absolute Gasteiger partial charge is 0.411 e. The molecule has 0 bridgehead atoms. The molecule has 0 saturated carbocycles. The van der Waals surface area contributed by atoms with Crippen LogP contribution in [0.2, 0.25) is 18.1 Å². The molecule has 3 aromatic rings. The minimum atomic E-state index is -2.11. The molecule has 0 aromatic heterocycles. The lowest BCUT2D eigenvalue weighted by Gasteiger charge is -2.38. The summed E-state index contributed by atoms with van der Waals surface area (Å²) >= 11 is 0. The van der Waals surface area contributed by atoms with Crippen LogP contribution < -0.4 is 30.6 Å². The van der Waals surface area contributed by atoms with Crippen molar-refractivity contribution in [3.63, 3.8) is 0 Å². The second-order valence-electron chi connectivity index (χ2n) is 18.5. The highest BCUT2D eigenvalue weighted by Gasteiger charge is 2.40. The zero-order chi connectivity index (χ0) is 49.2. The zero-order valence-corrected chi connectivity index (χ0v) is 41.3. The fourth-order valence-corrected chi connectivity index (χ4v) is 8.70. The first kappa shape index (κ1) is 51.5. The molecule has 16 heteroatoms. The Morgan fingerprint density at radius 3 is 1.76 bits per heavy atom. The largest absolute Gasteiger partial charge is 0.493 e. The number of anilines is 3. The van der Waals surface area contributed by atoms with E-state index in [-0.39, 0.29) is 89.4 Å². The average Bonchev–Trinajstić information content (AvgIpc) is 3.86. The fraction of sp³-hybridized carbons (Fsp3) is 0.412. The van der Waals surface area contributed by atoms with Gasteiger partial charge in [-0.2, -0.15) is 0 Å². The van der Waals surface area contributed by atoms with Gasteiger partial charge in [0.25, 0.3) is 11.8 Å². The van der Waals surface area contributed by atoms with Crippen LogP contribution in [0.3, 0.4) is 0 Å². The second kappa shape index (κ2) is 22.3. The van der Waals surface area contributed by atoms with Crippen LogP contribution in [0.4, 0.5) is 26.7 Å². The number of nitrogens with one attached hydrogen (secondary N) is 2. The summed E-state index contributed by atoms with van der Waals surface area (Å²) < 4.78 is 35.3. The number of nitrogens with zero attached hydrogens (tertiary/aromatic N) is 2. The summed E-state index contributed by atoms with van der Waals surface area (Å²) in [6, 6.07) is 11.5. The van der Waals surface area contributed by atoms with Crippen molar-refractivity contribution in [2.45, 2.75) is 97.3 Å². The number of nitrogens with two attached hydrogens (primary N) is 1. The number of carbonyl (C=O) groups excluding carboxylic acids is 4. The van der Waals surface area contributed by atoms with E-state index in [1.165, 1.54) is 25.3 Å². The van der Waals surface area contributed by atoms with E-state index in [9.17, 15) is 19.2 Å². The van der Waals surface area contributed by atoms with Gasteiger partial charge in [-0.1, -0.05) is 77.3 Å². The molecule has 2 aliphatic rings. The molecule has 0 aliphatic carbocycles. The molecule has 2 saturated heterocycles. The van der Waals surface area contributed by atoms with Gasteiger partial charge >= 0.3 is 12.2 Å². The predicted octanol–water partition coefficient (Wildman–Crippen LogP) is 10.2. The molecule has 4 N–H and O–H groups in total. The molecule has 2 aliphatic heterocycles. The van der Waals surface area contributed by atoms with E-state index in [1.807, 2.05) is 19.9 Å². The lowest BCUT2D eigenvalue weighted by molar-refractivity contribution is 0.0685. The van der Waals surface area contributed by atoms with E-state index < -0.39 is 20.5 Å². The van der Waals surface area contributed by atoms with Gasteiger partial charge in [-0.25, -0.2) is 9.59 Å². The van der Waals surface area contributed by atoms with Gasteiger partial charge in [0.15, 0.2) is 19.8 Å². The summed E-state index contributed by atoms with van der Waals surface area (Å²) in [5.41, 5.74) is 11.6. The van der Waals surface area contributed by atoms with E-state index in [4.69, 9.17) is 33.8 Å². The van der Waals surface area contributed by atoms with Gasteiger partial charge in [0.05, 0.1) is 42.3 Å². The topological polar surface area (TPSA) is 180 Å². The maximum Gasteiger partial charge on any atom is 0.411 e. The first-order valence-electron chi connectivity index (χ1n) is 22.4. The van der Waals surface area contributed by atoms with Gasteiger partial charge in [-0.15, -0.1) is 0 Å². The molecule has 4 amide bonds. The van der Waals surface area contributed by atoms with Gasteiger partial charge in [-0.3, -0.25) is 20.2 Å². The molecule has 0 radical (unpaired) electrons. The van der Waals surface area contributed by atoms with Gasteiger partial charge in [0.1, 0.15) is 32.2 Å². The normalized spacial score (nSPS) is 16.1. The Balaban J connectivity index is 1.38. The highest BCUT2D eigenvalue weighted by atomic mass is 28.4. The highest BCUT2D eigenvalue weighted by Crippen LogP contribution is 2.39. The Morgan fingerprint density at radius 2 is 1.25 bits per heavy atom. The summed E-state index contributed by atoms with van der Waals surface area (Å²) in [5, 5.41) is 5.43. The molecule has 0 spiro atoms. The van der Waals surface area contributed by atoms with Crippen molar-refractivity contribution in [2.75, 3.05) is 56.4 Å². The predicted molar refractivity (Wildman–Crippen MR) is 265 cm³/mol. The Bertz CT molecular complexity index is 2390. The van der Waals surface area contributed by atoms with Crippen LogP contribution in [0.15, 0.2) is 92.1 Å². The monoisotopic (exact) mass is 937 g/mol. The summed E-state index contributed by atoms with van der Waals surface area (Å²) in [5.74, 6) is 0.352. The number of hydrogen-bond donors (Lipinski definition) is 3. The molecule has 15 nitrogen and oxygen atoms in total. The van der Waals surface area contributed by atoms with E-state index >= 15 is 0 Å². The maximum atomic E-state index is 14.4. The summed E-state index contributed by atoms with van der Waals surface area (Å²) in [6.45, 7) is 31.4. The second-order valence-corrected chi connectivity index (χ2v) is 23.3. The van der Waals surface area contributed by atoms with Crippen molar-refractivity contribution in [1.82, 2.24) is 9.80 Å². The van der Waals surface area contributed by atoms with Crippen LogP contribution in [-0.4, -0.2) is 94.2 Å². The van der Waals surface area contributed by atoms with Crippen molar-refractivity contribution in [3.8, 4) is 17.2 Å². The van der Waals surface area contributed by atoms with E-state index in [1.54, 1.807) is 40.1 Å². The molecule has 2 heterocycles. The van der Waals surface area contributed by atoms with Gasteiger partial charge in [-0.05, 0) is 91.3 Å². The minimum absolute atomic E-state index is 0.00498. The third-order valence-electron chi connectivity index (χ3n) is 12.2. The highest BCUT2D eigenvalue weighted by molar-refractivity contribution is 6.74. The van der Waals surface area contributed by atoms with Crippen LogP contribution in [0, 0.1) is 6.92 Å². The SMILES string of the molecule is C=CCOC(=O)Nc1cc(OCc2cc(N)cc(COc3cc(NC(=O)OCC=C)c(C(=O)N4CC(=C)C[C@H]4CO[Si](C)(C)C(C)(C)C)cc3C)c2)c(OC)cc1C(=O)N1CC(=C)C[C@H]1CC. The number of amides is 4. The lowest BCUT2D eigenvalue weighted by atomic mass is 10.1. The quantitative estimate of drug-likeness (QED) is 0.0591. The van der Waals surface area contributed by atoms with E-state index in [2.05, 4.69) is 70.8 Å². The van der Waals surface area contributed by atoms with Gasteiger partial charge in [0.2, 0.25) is 0 Å². The molecule has 5 rings (SSSR count). The number of carbonyl (C=O) groups is 4. The van der Waals surface area contributed by atoms with Crippen LogP contribution >= 0.6 is 0 Å². The Kier molecular flexibility index (Phi) is 17.1. The first-order valence-corrected chi connectivity index (χ1v) is 25.3. The van der Waals surface area contributed by atoms with Crippen molar-refractivity contribution >= 4 is 49.4 Å². The number of methoxy groups -OCH3 is 1. The molecule has 360 valence electrons. The number of rotatable bonds is 19. The Labute approximate surface area is 396 Å². The van der Waals surface area contributed by atoms with E-state index in [0.29, 0.717) is 60.7 Å². The third-order valence-corrected chi connectivity index (χ3v) is 16.7. The number of likely N-dealkylation sites (tertiary alicyclic amines) is 2. The van der Waals surface area contributed by atoms with Crippen molar-refractivity contribution < 1.29 is 47.3 Å². The van der Waals surface area contributed by atoms with Crippen LogP contribution in [-0.2, 0) is 27.1 Å². The molecule has 3 aromatic carbocycles. The lowest BCUT2D eigenvalue weighted by Crippen LogP contribution is -2.46. The first-order chi connectivity index (χ1) is 31.7. The summed E-state index contributed by atoms with van der Waals surface area (Å²) in [6.07, 6.45) is 3.40. The van der Waals surface area contributed by atoms with E-state index in [0.717, 1.165) is 17.6 Å². The molecular weight excluding hydrogens is 871 g/mol. The Morgan fingerprint density at radius 1 is 0.761 bits per heavy atom. The number of benzene rings is 3. The molecular formula is C51H67N5O10Si. The molecule has 0 unspecified atom stereocenters. The zero-order valence-electron chi connectivity index (χ0n) is 40.3. The van der Waals surface area contributed by atoms with Crippen molar-refractivity contribution in [2.24, 2.45) is 0 Å². The molecule has 67 heavy (non-hydrogen) atoms. The van der Waals surface area contributed by atoms with Crippen LogP contribution in [0.5, 0.6) is 17.2 Å². The number of ether oxygens (including phenoxy) is 5. The Hall–Kier alpha value is -6.52. The van der Waals surface area contributed by atoms with Crippen LogP contribution in [0.1, 0.15) is 84.4 Å². The number of nitrogen functional groups attached to an aromatic ring is 1. The maximum absolute atomic E-state index is 14.4. The third kappa shape index (κ3) is 13.1. The van der Waals surface area contributed by atoms with Gasteiger partial charge < -0.3 is 43.6 Å². The summed E-state index contributed by atoms with van der Waals surface area (Å²) in [7, 11) is -0.647. The van der Waals surface area contributed by atoms with Gasteiger partial charge in [0, 0.05) is 37.0 Å². The molecule has 2 fully saturated rings. The fourth-order valence-electron chi connectivity index (χ4n) is 7.65. The number of aryl methyl sites for hydroxylation is 1. The number of hydrogen-bond acceptors (Lipinski definition) is 11. The molecule has 2 atom stereocenters.